The van der Waals surface area contributed by atoms with E-state index in [0.717, 1.165) is 12.8 Å². The van der Waals surface area contributed by atoms with Crippen molar-refractivity contribution in [2.75, 3.05) is 6.61 Å². The first-order valence-electron chi connectivity index (χ1n) is 10.0. The van der Waals surface area contributed by atoms with Gasteiger partial charge in [-0.05, 0) is 65.6 Å². The molecule has 0 radical (unpaired) electrons. The highest BCUT2D eigenvalue weighted by atomic mass is 16.7. The van der Waals surface area contributed by atoms with Crippen LogP contribution >= 0.6 is 0 Å². The molecule has 0 aromatic rings. The Morgan fingerprint density at radius 3 is 2.57 bits per heavy atom. The van der Waals surface area contributed by atoms with E-state index < -0.39 is 42.9 Å². The molecule has 1 atom stereocenters. The van der Waals surface area contributed by atoms with Crippen LogP contribution in [0.4, 0.5) is 4.79 Å². The summed E-state index contributed by atoms with van der Waals surface area (Å²) in [4.78, 5) is 12.0. The van der Waals surface area contributed by atoms with Crippen molar-refractivity contribution in [3.8, 4) is 0 Å². The van der Waals surface area contributed by atoms with Crippen molar-refractivity contribution < 1.29 is 25.9 Å². The summed E-state index contributed by atoms with van der Waals surface area (Å²) in [6.07, 6.45) is -6.89. The van der Waals surface area contributed by atoms with Crippen LogP contribution in [0.25, 0.3) is 0 Å². The molecule has 0 aromatic carbocycles. The standard InChI is InChI=1S/C16H29NO4/c1-16(2,3)21-15(18)17-12-7-9-13(10-8-12)20-14-6-4-5-11-19-14/h12-14H,4-11H2,1-3H3,(H,17,18)/i9D2,10D2,13D. The molecule has 5 nitrogen and oxygen atoms in total. The number of ether oxygens (including phenoxy) is 3. The molecule has 1 saturated carbocycles. The number of rotatable bonds is 3. The van der Waals surface area contributed by atoms with Crippen molar-refractivity contribution in [3.63, 3.8) is 0 Å². The molecule has 1 aliphatic carbocycles. The molecule has 1 unspecified atom stereocenters. The van der Waals surface area contributed by atoms with Gasteiger partial charge in [0.15, 0.2) is 6.29 Å². The fourth-order valence-corrected chi connectivity index (χ4v) is 2.16. The smallest absolute Gasteiger partial charge is 0.407 e. The van der Waals surface area contributed by atoms with Crippen LogP contribution in [0.3, 0.4) is 0 Å². The van der Waals surface area contributed by atoms with Crippen molar-refractivity contribution in [2.24, 2.45) is 0 Å². The summed E-state index contributed by atoms with van der Waals surface area (Å²) in [7, 11) is 0. The third-order valence-corrected chi connectivity index (χ3v) is 3.13. The number of amides is 1. The van der Waals surface area contributed by atoms with Crippen molar-refractivity contribution in [1.29, 1.82) is 0 Å². The predicted octanol–water partition coefficient (Wildman–Crippen LogP) is 3.37. The van der Waals surface area contributed by atoms with Crippen LogP contribution in [0.15, 0.2) is 0 Å². The van der Waals surface area contributed by atoms with Gasteiger partial charge in [-0.3, -0.25) is 0 Å². The fourth-order valence-electron chi connectivity index (χ4n) is 2.16. The summed E-state index contributed by atoms with van der Waals surface area (Å²) in [5.74, 6) is 0. The maximum atomic E-state index is 12.0. The zero-order valence-corrected chi connectivity index (χ0v) is 13.0. The molecule has 1 N–H and O–H groups in total. The van der Waals surface area contributed by atoms with E-state index in [9.17, 15) is 4.79 Å². The monoisotopic (exact) mass is 304 g/mol. The summed E-state index contributed by atoms with van der Waals surface area (Å²) < 4.78 is 57.7. The Hall–Kier alpha value is -0.810. The van der Waals surface area contributed by atoms with Crippen molar-refractivity contribution in [3.05, 3.63) is 0 Å². The van der Waals surface area contributed by atoms with E-state index in [1.807, 2.05) is 0 Å². The van der Waals surface area contributed by atoms with Crippen LogP contribution in [0.2, 0.25) is 0 Å². The second kappa shape index (κ2) is 7.45. The lowest BCUT2D eigenvalue weighted by atomic mass is 9.93. The molecule has 1 heterocycles. The van der Waals surface area contributed by atoms with Gasteiger partial charge in [0.25, 0.3) is 0 Å². The maximum Gasteiger partial charge on any atom is 0.407 e. The van der Waals surface area contributed by atoms with E-state index in [1.165, 1.54) is 0 Å². The minimum absolute atomic E-state index is 0.248. The van der Waals surface area contributed by atoms with E-state index >= 15 is 0 Å². The summed E-state index contributed by atoms with van der Waals surface area (Å²) in [5.41, 5.74) is -0.711. The molecule has 0 bridgehead atoms. The fraction of sp³-hybridized carbons (Fsp3) is 0.938. The average Bonchev–Trinajstić information content (AvgIpc) is 2.43. The highest BCUT2D eigenvalue weighted by Crippen LogP contribution is 2.25. The van der Waals surface area contributed by atoms with Gasteiger partial charge in [0.1, 0.15) is 5.60 Å². The molecule has 2 rings (SSSR count). The summed E-state index contributed by atoms with van der Waals surface area (Å²) >= 11 is 0. The second-order valence-corrected chi connectivity index (χ2v) is 6.35. The van der Waals surface area contributed by atoms with Gasteiger partial charge in [-0.25, -0.2) is 4.79 Å². The second-order valence-electron chi connectivity index (χ2n) is 6.35. The summed E-state index contributed by atoms with van der Waals surface area (Å²) in [6, 6.07) is -0.802. The third kappa shape index (κ3) is 6.22. The number of carbonyl (C=O) groups excluding carboxylic acids is 1. The molecule has 2 fully saturated rings. The largest absolute Gasteiger partial charge is 0.444 e. The molecule has 5 heteroatoms. The van der Waals surface area contributed by atoms with Crippen LogP contribution < -0.4 is 5.32 Å². The third-order valence-electron chi connectivity index (χ3n) is 3.13. The maximum absolute atomic E-state index is 12.0. The van der Waals surface area contributed by atoms with Gasteiger partial charge >= 0.3 is 6.09 Å². The Labute approximate surface area is 134 Å². The van der Waals surface area contributed by atoms with Crippen LogP contribution in [0.5, 0.6) is 0 Å². The van der Waals surface area contributed by atoms with Crippen molar-refractivity contribution in [2.45, 2.75) is 89.6 Å². The van der Waals surface area contributed by atoms with Gasteiger partial charge in [-0.15, -0.1) is 0 Å². The lowest BCUT2D eigenvalue weighted by Crippen LogP contribution is -2.42. The predicted molar refractivity (Wildman–Crippen MR) is 80.1 cm³/mol. The highest BCUT2D eigenvalue weighted by Gasteiger charge is 2.27. The molecule has 0 spiro atoms. The SMILES string of the molecule is [2H]C1([2H])CC(NC(=O)OC(C)(C)C)CC([2H])([2H])C1([2H])OC1CCCCO1. The van der Waals surface area contributed by atoms with Gasteiger partial charge in [0, 0.05) is 18.1 Å². The van der Waals surface area contributed by atoms with E-state index in [-0.39, 0.29) is 12.8 Å². The molecule has 1 aliphatic heterocycles. The molecule has 2 aliphatic rings. The van der Waals surface area contributed by atoms with Gasteiger partial charge < -0.3 is 19.5 Å². The van der Waals surface area contributed by atoms with Gasteiger partial charge in [-0.1, -0.05) is 0 Å². The molecular weight excluding hydrogens is 270 g/mol. The molecule has 122 valence electrons. The molecular formula is C16H29NO4. The zero-order chi connectivity index (χ0) is 19.8. The van der Waals surface area contributed by atoms with Crippen molar-refractivity contribution in [1.82, 2.24) is 5.32 Å². The molecule has 1 amide bonds. The lowest BCUT2D eigenvalue weighted by Gasteiger charge is -2.33. The Morgan fingerprint density at radius 1 is 1.29 bits per heavy atom. The first-order chi connectivity index (χ1) is 11.8. The molecule has 1 saturated heterocycles. The van der Waals surface area contributed by atoms with Gasteiger partial charge in [0.2, 0.25) is 0 Å². The topological polar surface area (TPSA) is 56.8 Å². The van der Waals surface area contributed by atoms with Crippen LogP contribution in [-0.4, -0.2) is 36.7 Å². The van der Waals surface area contributed by atoms with E-state index in [0.29, 0.717) is 13.0 Å². The number of alkyl carbamates (subject to hydrolysis) is 1. The number of nitrogens with one attached hydrogen (secondary N) is 1. The van der Waals surface area contributed by atoms with Gasteiger partial charge in [0.05, 0.1) is 7.45 Å². The van der Waals surface area contributed by atoms with E-state index in [2.05, 4.69) is 5.32 Å². The minimum Gasteiger partial charge on any atom is -0.444 e. The number of hydrogen-bond donors (Lipinski definition) is 1. The summed E-state index contributed by atoms with van der Waals surface area (Å²) in [5, 5.41) is 2.52. The Kier molecular flexibility index (Phi) is 3.85. The first-order valence-corrected chi connectivity index (χ1v) is 7.55. The number of carbonyl (C=O) groups is 1. The first kappa shape index (κ1) is 10.8. The lowest BCUT2D eigenvalue weighted by molar-refractivity contribution is -0.193. The van der Waals surface area contributed by atoms with Crippen molar-refractivity contribution >= 4 is 6.09 Å². The molecule has 21 heavy (non-hydrogen) atoms. The summed E-state index contributed by atoms with van der Waals surface area (Å²) in [6.45, 7) is 5.58. The zero-order valence-electron chi connectivity index (χ0n) is 18.0. The molecule has 0 aromatic heterocycles. The minimum atomic E-state index is -2.42. The Bertz CT molecular complexity index is 499. The van der Waals surface area contributed by atoms with E-state index in [1.54, 1.807) is 20.8 Å². The normalized spacial score (nSPS) is 42.5. The van der Waals surface area contributed by atoms with E-state index in [4.69, 9.17) is 21.1 Å². The average molecular weight is 304 g/mol. The van der Waals surface area contributed by atoms with Crippen LogP contribution in [-0.2, 0) is 14.2 Å². The van der Waals surface area contributed by atoms with Gasteiger partial charge in [-0.2, -0.15) is 0 Å². The quantitative estimate of drug-likeness (QED) is 0.868. The van der Waals surface area contributed by atoms with Crippen LogP contribution in [0, 0.1) is 0 Å². The van der Waals surface area contributed by atoms with Crippen LogP contribution in [0.1, 0.15) is 72.5 Å². The number of hydrogen-bond acceptors (Lipinski definition) is 4. The highest BCUT2D eigenvalue weighted by molar-refractivity contribution is 5.68. The Balaban J connectivity index is 2.11. The Morgan fingerprint density at radius 2 is 2.00 bits per heavy atom.